The number of rotatable bonds is 11. The summed E-state index contributed by atoms with van der Waals surface area (Å²) in [7, 11) is 0. The van der Waals surface area contributed by atoms with Crippen molar-refractivity contribution >= 4 is 11.7 Å². The van der Waals surface area contributed by atoms with Crippen LogP contribution in [0.2, 0.25) is 0 Å². The van der Waals surface area contributed by atoms with Crippen LogP contribution in [0.4, 0.5) is 0 Å². The molecule has 29 heavy (non-hydrogen) atoms. The molecule has 2 aromatic rings. The Morgan fingerprint density at radius 3 is 2.31 bits per heavy atom. The fraction of sp³-hybridized carbons (Fsp3) is 0.375. The van der Waals surface area contributed by atoms with Gasteiger partial charge in [-0.25, -0.2) is 5.48 Å². The van der Waals surface area contributed by atoms with Crippen molar-refractivity contribution in [2.45, 2.75) is 57.3 Å². The molecule has 0 fully saturated rings. The lowest BCUT2D eigenvalue weighted by Gasteiger charge is -2.30. The van der Waals surface area contributed by atoms with E-state index >= 15 is 0 Å². The number of hydroxylamine groups is 1. The van der Waals surface area contributed by atoms with Gasteiger partial charge in [-0.2, -0.15) is 5.26 Å². The largest absolute Gasteiger partial charge is 0.294 e. The lowest BCUT2D eigenvalue weighted by molar-refractivity contribution is -0.129. The second-order valence-corrected chi connectivity index (χ2v) is 7.15. The number of benzene rings is 2. The summed E-state index contributed by atoms with van der Waals surface area (Å²) in [6, 6.07) is 19.6. The van der Waals surface area contributed by atoms with Crippen LogP contribution in [0.3, 0.4) is 0 Å². The Morgan fingerprint density at radius 1 is 1.00 bits per heavy atom. The monoisotopic (exact) mass is 392 g/mol. The number of nitrogens with zero attached hydrogens (tertiary/aromatic N) is 1. The van der Waals surface area contributed by atoms with Gasteiger partial charge >= 0.3 is 0 Å². The summed E-state index contributed by atoms with van der Waals surface area (Å²) >= 11 is 0. The highest BCUT2D eigenvalue weighted by molar-refractivity contribution is 5.98. The number of carbonyl (C=O) groups is 2. The fourth-order valence-electron chi connectivity index (χ4n) is 3.71. The average molecular weight is 392 g/mol. The molecule has 5 nitrogen and oxygen atoms in total. The molecule has 0 aliphatic heterocycles. The predicted molar refractivity (Wildman–Crippen MR) is 112 cm³/mol. The van der Waals surface area contributed by atoms with Gasteiger partial charge in [0.25, 0.3) is 0 Å². The molecule has 1 unspecified atom stereocenters. The highest BCUT2D eigenvalue weighted by Crippen LogP contribution is 2.39. The molecule has 0 radical (unpaired) electrons. The first-order valence-electron chi connectivity index (χ1n) is 10.1. The van der Waals surface area contributed by atoms with Gasteiger partial charge in [-0.15, -0.1) is 0 Å². The van der Waals surface area contributed by atoms with Crippen LogP contribution in [-0.2, 0) is 10.2 Å². The number of Topliss-reactive ketones (excluding diaryl/α,β-unsaturated/α-hetero) is 1. The van der Waals surface area contributed by atoms with Gasteiger partial charge in [0.15, 0.2) is 5.78 Å². The highest BCUT2D eigenvalue weighted by Gasteiger charge is 2.36. The minimum atomic E-state index is -0.898. The molecule has 1 amide bonds. The molecule has 2 N–H and O–H groups in total. The Labute approximate surface area is 172 Å². The van der Waals surface area contributed by atoms with Crippen molar-refractivity contribution in [2.75, 3.05) is 0 Å². The van der Waals surface area contributed by atoms with Crippen LogP contribution in [-0.4, -0.2) is 16.9 Å². The molecule has 0 saturated heterocycles. The third-order valence-electron chi connectivity index (χ3n) is 5.30. The molecule has 5 heteroatoms. The van der Waals surface area contributed by atoms with Crippen LogP contribution in [0.5, 0.6) is 0 Å². The molecule has 1 atom stereocenters. The number of ketones is 1. The van der Waals surface area contributed by atoms with Gasteiger partial charge in [0.05, 0.1) is 6.07 Å². The van der Waals surface area contributed by atoms with Crippen LogP contribution < -0.4 is 5.48 Å². The topological polar surface area (TPSA) is 90.2 Å². The van der Waals surface area contributed by atoms with Crippen molar-refractivity contribution in [3.05, 3.63) is 71.3 Å². The molecular weight excluding hydrogens is 364 g/mol. The maximum atomic E-state index is 12.6. The summed E-state index contributed by atoms with van der Waals surface area (Å²) in [4.78, 5) is 23.7. The zero-order valence-corrected chi connectivity index (χ0v) is 16.9. The molecule has 2 rings (SSSR count). The van der Waals surface area contributed by atoms with Crippen LogP contribution in [0.25, 0.3) is 0 Å². The SMILES string of the molecule is CCC(=O)c1ccccc1C(C#N)(CCCCCCC(=O)NO)c1ccccc1. The van der Waals surface area contributed by atoms with E-state index in [2.05, 4.69) is 6.07 Å². The third-order valence-corrected chi connectivity index (χ3v) is 5.30. The molecule has 2 aromatic carbocycles. The van der Waals surface area contributed by atoms with Crippen LogP contribution >= 0.6 is 0 Å². The summed E-state index contributed by atoms with van der Waals surface area (Å²) in [5.74, 6) is -0.348. The number of hydrogen-bond donors (Lipinski definition) is 2. The Kier molecular flexibility index (Phi) is 8.57. The maximum Gasteiger partial charge on any atom is 0.243 e. The van der Waals surface area contributed by atoms with Gasteiger partial charge in [0, 0.05) is 18.4 Å². The number of unbranched alkanes of at least 4 members (excludes halogenated alkanes) is 3. The first-order chi connectivity index (χ1) is 14.1. The van der Waals surface area contributed by atoms with E-state index in [0.29, 0.717) is 24.8 Å². The number of carbonyl (C=O) groups excluding carboxylic acids is 2. The van der Waals surface area contributed by atoms with Crippen molar-refractivity contribution < 1.29 is 14.8 Å². The molecule has 0 aliphatic rings. The van der Waals surface area contributed by atoms with Gasteiger partial charge in [0.2, 0.25) is 5.91 Å². The number of hydrogen-bond acceptors (Lipinski definition) is 4. The second-order valence-electron chi connectivity index (χ2n) is 7.15. The number of amides is 1. The van der Waals surface area contributed by atoms with Crippen molar-refractivity contribution in [3.63, 3.8) is 0 Å². The van der Waals surface area contributed by atoms with Gasteiger partial charge in [-0.05, 0) is 24.0 Å². The van der Waals surface area contributed by atoms with Crippen molar-refractivity contribution in [1.29, 1.82) is 5.26 Å². The summed E-state index contributed by atoms with van der Waals surface area (Å²) in [5, 5.41) is 18.9. The normalized spacial score (nSPS) is 12.6. The van der Waals surface area contributed by atoms with E-state index in [4.69, 9.17) is 5.21 Å². The number of nitriles is 1. The van der Waals surface area contributed by atoms with Crippen LogP contribution in [0, 0.1) is 11.3 Å². The fourth-order valence-corrected chi connectivity index (χ4v) is 3.71. The number of nitrogens with one attached hydrogen (secondary N) is 1. The predicted octanol–water partition coefficient (Wildman–Crippen LogP) is 4.93. The standard InChI is InChI=1S/C24H28N2O3/c1-2-22(27)20-14-9-10-15-21(20)24(18-25,19-12-6-5-7-13-19)17-11-4-3-8-16-23(28)26-29/h5-7,9-10,12-15,29H,2-4,8,11,16-17H2,1H3,(H,26,28). The summed E-state index contributed by atoms with van der Waals surface area (Å²) in [6.45, 7) is 1.83. The van der Waals surface area contributed by atoms with E-state index in [1.165, 1.54) is 0 Å². The summed E-state index contributed by atoms with van der Waals surface area (Å²) < 4.78 is 0. The minimum absolute atomic E-state index is 0.0335. The quantitative estimate of drug-likeness (QED) is 0.245. The molecular formula is C24H28N2O3. The Bertz CT molecular complexity index is 858. The summed E-state index contributed by atoms with van der Waals surface area (Å²) in [6.07, 6.45) is 4.43. The lowest BCUT2D eigenvalue weighted by atomic mass is 9.70. The molecule has 152 valence electrons. The first kappa shape index (κ1) is 22.3. The van der Waals surface area contributed by atoms with Gasteiger partial charge in [-0.3, -0.25) is 14.8 Å². The zero-order valence-electron chi connectivity index (χ0n) is 16.9. The van der Waals surface area contributed by atoms with Gasteiger partial charge in [-0.1, -0.05) is 80.8 Å². The van der Waals surface area contributed by atoms with Crippen molar-refractivity contribution in [3.8, 4) is 6.07 Å². The molecule has 0 saturated carbocycles. The molecule has 0 heterocycles. The molecule has 0 bridgehead atoms. The second kappa shape index (κ2) is 11.1. The Balaban J connectivity index is 2.29. The van der Waals surface area contributed by atoms with Crippen molar-refractivity contribution in [2.24, 2.45) is 0 Å². The van der Waals surface area contributed by atoms with Crippen molar-refractivity contribution in [1.82, 2.24) is 5.48 Å². The Hall–Kier alpha value is -2.97. The molecule has 0 spiro atoms. The van der Waals surface area contributed by atoms with E-state index in [1.807, 2.05) is 61.5 Å². The lowest BCUT2D eigenvalue weighted by Crippen LogP contribution is -2.28. The maximum absolute atomic E-state index is 12.6. The van der Waals surface area contributed by atoms with Crippen LogP contribution in [0.1, 0.15) is 73.4 Å². The molecule has 0 aliphatic carbocycles. The van der Waals surface area contributed by atoms with E-state index in [1.54, 1.807) is 5.48 Å². The minimum Gasteiger partial charge on any atom is -0.294 e. The van der Waals surface area contributed by atoms with Crippen LogP contribution in [0.15, 0.2) is 54.6 Å². The average Bonchev–Trinajstić information content (AvgIpc) is 2.78. The van der Waals surface area contributed by atoms with Gasteiger partial charge in [0.1, 0.15) is 5.41 Å². The highest BCUT2D eigenvalue weighted by atomic mass is 16.5. The third kappa shape index (κ3) is 5.52. The zero-order chi connectivity index (χ0) is 21.1. The van der Waals surface area contributed by atoms with E-state index < -0.39 is 5.41 Å². The first-order valence-corrected chi connectivity index (χ1v) is 10.1. The summed E-state index contributed by atoms with van der Waals surface area (Å²) in [5.41, 5.74) is 3.01. The van der Waals surface area contributed by atoms with Gasteiger partial charge < -0.3 is 0 Å². The van der Waals surface area contributed by atoms with E-state index in [0.717, 1.165) is 30.4 Å². The molecule has 0 aromatic heterocycles. The van der Waals surface area contributed by atoms with E-state index in [9.17, 15) is 14.9 Å². The Morgan fingerprint density at radius 2 is 1.66 bits per heavy atom. The smallest absolute Gasteiger partial charge is 0.243 e. The van der Waals surface area contributed by atoms with E-state index in [-0.39, 0.29) is 18.1 Å².